The van der Waals surface area contributed by atoms with Crippen molar-refractivity contribution in [3.05, 3.63) is 47.4 Å². The molecule has 0 atom stereocenters. The predicted octanol–water partition coefficient (Wildman–Crippen LogP) is 3.75. The molecule has 22 heavy (non-hydrogen) atoms. The van der Waals surface area contributed by atoms with Gasteiger partial charge in [-0.15, -0.1) is 11.3 Å². The minimum Gasteiger partial charge on any atom is -0.462 e. The summed E-state index contributed by atoms with van der Waals surface area (Å²) in [6, 6.07) is 6.02. The summed E-state index contributed by atoms with van der Waals surface area (Å²) in [5.41, 5.74) is 0.947. The zero-order valence-electron chi connectivity index (χ0n) is 11.7. The van der Waals surface area contributed by atoms with Gasteiger partial charge < -0.3 is 10.1 Å². The summed E-state index contributed by atoms with van der Waals surface area (Å²) in [5, 5.41) is 5.29. The van der Waals surface area contributed by atoms with Crippen LogP contribution in [0, 0.1) is 5.82 Å². The van der Waals surface area contributed by atoms with E-state index in [2.05, 4.69) is 15.3 Å². The van der Waals surface area contributed by atoms with E-state index in [4.69, 9.17) is 4.74 Å². The molecule has 3 rings (SSSR count). The molecule has 2 heterocycles. The van der Waals surface area contributed by atoms with E-state index in [-0.39, 0.29) is 12.4 Å². The van der Waals surface area contributed by atoms with Crippen molar-refractivity contribution in [1.29, 1.82) is 0 Å². The van der Waals surface area contributed by atoms with Gasteiger partial charge in [-0.3, -0.25) is 0 Å². The summed E-state index contributed by atoms with van der Waals surface area (Å²) in [6.45, 7) is 2.03. The van der Waals surface area contributed by atoms with E-state index >= 15 is 0 Å². The average Bonchev–Trinajstić information content (AvgIpc) is 2.93. The molecule has 0 unspecified atom stereocenters. The molecule has 0 bridgehead atoms. The minimum absolute atomic E-state index is 0.288. The first-order valence-electron chi connectivity index (χ1n) is 6.61. The Hall–Kier alpha value is -2.54. The molecule has 0 spiro atoms. The zero-order valence-corrected chi connectivity index (χ0v) is 12.5. The third-order valence-electron chi connectivity index (χ3n) is 2.95. The predicted molar refractivity (Wildman–Crippen MR) is 83.1 cm³/mol. The van der Waals surface area contributed by atoms with Gasteiger partial charge >= 0.3 is 5.97 Å². The highest BCUT2D eigenvalue weighted by Crippen LogP contribution is 2.31. The van der Waals surface area contributed by atoms with Crippen LogP contribution in [0.5, 0.6) is 0 Å². The Balaban J connectivity index is 2.05. The molecule has 5 nitrogen and oxygen atoms in total. The third-order valence-corrected chi connectivity index (χ3v) is 3.84. The van der Waals surface area contributed by atoms with Crippen molar-refractivity contribution >= 4 is 39.0 Å². The standard InChI is InChI=1S/C15H12FN3O2S/c1-2-21-15(20)11-7-22-14-12(11)13(17-8-18-14)19-10-5-3-4-9(16)6-10/h3-8H,2H2,1H3,(H,17,18,19). The van der Waals surface area contributed by atoms with Gasteiger partial charge in [0.2, 0.25) is 0 Å². The molecule has 0 saturated carbocycles. The highest BCUT2D eigenvalue weighted by molar-refractivity contribution is 7.17. The van der Waals surface area contributed by atoms with Gasteiger partial charge in [0.05, 0.1) is 17.6 Å². The second kappa shape index (κ2) is 6.07. The minimum atomic E-state index is -0.425. The molecule has 0 aliphatic heterocycles. The average molecular weight is 317 g/mol. The number of halogens is 1. The number of benzene rings is 1. The lowest BCUT2D eigenvalue weighted by Crippen LogP contribution is -2.05. The van der Waals surface area contributed by atoms with E-state index in [9.17, 15) is 9.18 Å². The van der Waals surface area contributed by atoms with Gasteiger partial charge in [0.25, 0.3) is 0 Å². The Bertz CT molecular complexity index is 835. The number of rotatable bonds is 4. The van der Waals surface area contributed by atoms with Crippen molar-refractivity contribution in [1.82, 2.24) is 9.97 Å². The van der Waals surface area contributed by atoms with Gasteiger partial charge in [-0.2, -0.15) is 0 Å². The summed E-state index contributed by atoms with van der Waals surface area (Å²) in [5.74, 6) is -0.336. The van der Waals surface area contributed by atoms with E-state index in [0.717, 1.165) is 0 Å². The van der Waals surface area contributed by atoms with Gasteiger partial charge in [0.1, 0.15) is 22.8 Å². The molecule has 0 aliphatic carbocycles. The fourth-order valence-electron chi connectivity index (χ4n) is 2.03. The van der Waals surface area contributed by atoms with Gasteiger partial charge in [-0.25, -0.2) is 19.2 Å². The Labute approximate surface area is 129 Å². The molecule has 1 aromatic carbocycles. The summed E-state index contributed by atoms with van der Waals surface area (Å²) in [7, 11) is 0. The van der Waals surface area contributed by atoms with Crippen LogP contribution in [0.3, 0.4) is 0 Å². The van der Waals surface area contributed by atoms with Gasteiger partial charge in [0.15, 0.2) is 0 Å². The Morgan fingerprint density at radius 3 is 3.05 bits per heavy atom. The van der Waals surface area contributed by atoms with E-state index in [1.165, 1.54) is 29.8 Å². The van der Waals surface area contributed by atoms with Crippen LogP contribution >= 0.6 is 11.3 Å². The number of carbonyl (C=O) groups is 1. The number of aromatic nitrogens is 2. The number of esters is 1. The first-order chi connectivity index (χ1) is 10.7. The maximum Gasteiger partial charge on any atom is 0.339 e. The van der Waals surface area contributed by atoms with E-state index in [0.29, 0.717) is 27.3 Å². The van der Waals surface area contributed by atoms with Crippen molar-refractivity contribution < 1.29 is 13.9 Å². The molecule has 0 radical (unpaired) electrons. The van der Waals surface area contributed by atoms with Crippen molar-refractivity contribution in [2.24, 2.45) is 0 Å². The number of ether oxygens (including phenoxy) is 1. The molecule has 2 aromatic heterocycles. The SMILES string of the molecule is CCOC(=O)c1csc2ncnc(Nc3cccc(F)c3)c12. The number of thiophene rings is 1. The highest BCUT2D eigenvalue weighted by atomic mass is 32.1. The number of hydrogen-bond donors (Lipinski definition) is 1. The number of hydrogen-bond acceptors (Lipinski definition) is 6. The number of nitrogens with one attached hydrogen (secondary N) is 1. The smallest absolute Gasteiger partial charge is 0.339 e. The van der Waals surface area contributed by atoms with Gasteiger partial charge in [-0.1, -0.05) is 6.07 Å². The van der Waals surface area contributed by atoms with Crippen LogP contribution in [0.25, 0.3) is 10.2 Å². The Kier molecular flexibility index (Phi) is 3.97. The van der Waals surface area contributed by atoms with Crippen LogP contribution < -0.4 is 5.32 Å². The summed E-state index contributed by atoms with van der Waals surface area (Å²) in [4.78, 5) is 21.0. The van der Waals surface area contributed by atoms with Crippen LogP contribution in [0.2, 0.25) is 0 Å². The summed E-state index contributed by atoms with van der Waals surface area (Å²) < 4.78 is 18.3. The lowest BCUT2D eigenvalue weighted by molar-refractivity contribution is 0.0529. The lowest BCUT2D eigenvalue weighted by Gasteiger charge is -2.08. The van der Waals surface area contributed by atoms with Crippen LogP contribution in [0.4, 0.5) is 15.9 Å². The first-order valence-corrected chi connectivity index (χ1v) is 7.49. The lowest BCUT2D eigenvalue weighted by atomic mass is 10.2. The molecule has 0 saturated heterocycles. The molecule has 0 aliphatic rings. The molecule has 0 amide bonds. The topological polar surface area (TPSA) is 64.1 Å². The highest BCUT2D eigenvalue weighted by Gasteiger charge is 2.18. The molecule has 1 N–H and O–H groups in total. The maximum absolute atomic E-state index is 13.3. The molecule has 3 aromatic rings. The fraction of sp³-hybridized carbons (Fsp3) is 0.133. The van der Waals surface area contributed by atoms with E-state index in [1.54, 1.807) is 24.4 Å². The zero-order chi connectivity index (χ0) is 15.5. The molecular formula is C15H12FN3O2S. The van der Waals surface area contributed by atoms with Crippen LogP contribution in [0.1, 0.15) is 17.3 Å². The number of nitrogens with zero attached hydrogens (tertiary/aromatic N) is 2. The summed E-state index contributed by atoms with van der Waals surface area (Å²) >= 11 is 1.33. The number of carbonyl (C=O) groups excluding carboxylic acids is 1. The molecule has 0 fully saturated rings. The first kappa shape index (κ1) is 14.4. The normalized spacial score (nSPS) is 10.6. The van der Waals surface area contributed by atoms with Crippen molar-refractivity contribution in [2.45, 2.75) is 6.92 Å². The molecular weight excluding hydrogens is 305 g/mol. The monoisotopic (exact) mass is 317 g/mol. The van der Waals surface area contributed by atoms with E-state index < -0.39 is 5.97 Å². The number of anilines is 2. The van der Waals surface area contributed by atoms with Crippen LogP contribution in [0.15, 0.2) is 36.0 Å². The van der Waals surface area contributed by atoms with Crippen molar-refractivity contribution in [2.75, 3.05) is 11.9 Å². The number of fused-ring (bicyclic) bond motifs is 1. The van der Waals surface area contributed by atoms with Gasteiger partial charge in [-0.05, 0) is 25.1 Å². The quantitative estimate of drug-likeness (QED) is 0.742. The largest absolute Gasteiger partial charge is 0.462 e. The van der Waals surface area contributed by atoms with E-state index in [1.807, 2.05) is 0 Å². The van der Waals surface area contributed by atoms with Gasteiger partial charge in [0, 0.05) is 11.1 Å². The molecule has 112 valence electrons. The van der Waals surface area contributed by atoms with Crippen molar-refractivity contribution in [3.8, 4) is 0 Å². The fourth-order valence-corrected chi connectivity index (χ4v) is 2.91. The van der Waals surface area contributed by atoms with Crippen LogP contribution in [-0.4, -0.2) is 22.5 Å². The third kappa shape index (κ3) is 2.75. The van der Waals surface area contributed by atoms with Crippen molar-refractivity contribution in [3.63, 3.8) is 0 Å². The molecule has 7 heteroatoms. The summed E-state index contributed by atoms with van der Waals surface area (Å²) in [6.07, 6.45) is 1.40. The Morgan fingerprint density at radius 2 is 2.27 bits per heavy atom. The Morgan fingerprint density at radius 1 is 1.41 bits per heavy atom. The maximum atomic E-state index is 13.3. The second-order valence-electron chi connectivity index (χ2n) is 4.41. The second-order valence-corrected chi connectivity index (χ2v) is 5.27. The van der Waals surface area contributed by atoms with Crippen LogP contribution in [-0.2, 0) is 4.74 Å².